The maximum Gasteiger partial charge on any atom is 0.246 e. The summed E-state index contributed by atoms with van der Waals surface area (Å²) < 4.78 is 0. The summed E-state index contributed by atoms with van der Waals surface area (Å²) in [4.78, 5) is 14.0. The van der Waals surface area contributed by atoms with Crippen LogP contribution in [0.15, 0.2) is 11.6 Å². The van der Waals surface area contributed by atoms with Gasteiger partial charge in [-0.05, 0) is 32.6 Å². The largest absolute Gasteiger partial charge is 0.336 e. The van der Waals surface area contributed by atoms with E-state index in [9.17, 15) is 4.79 Å². The van der Waals surface area contributed by atoms with Crippen molar-refractivity contribution in [1.82, 2.24) is 10.2 Å². The highest BCUT2D eigenvalue weighted by atomic mass is 16.2. The number of rotatable bonds is 1. The molecule has 2 rings (SSSR count). The normalized spacial score (nSPS) is 34.1. The van der Waals surface area contributed by atoms with Crippen LogP contribution in [0.4, 0.5) is 0 Å². The van der Waals surface area contributed by atoms with E-state index in [1.807, 2.05) is 18.7 Å². The van der Waals surface area contributed by atoms with Crippen LogP contribution in [-0.4, -0.2) is 36.5 Å². The third-order valence-corrected chi connectivity index (χ3v) is 3.63. The topological polar surface area (TPSA) is 32.3 Å². The lowest BCUT2D eigenvalue weighted by molar-refractivity contribution is -0.127. The zero-order valence-corrected chi connectivity index (χ0v) is 9.79. The summed E-state index contributed by atoms with van der Waals surface area (Å²) in [5.74, 6) is 1.53. The highest BCUT2D eigenvalue weighted by Crippen LogP contribution is 2.32. The molecule has 2 aliphatic rings. The van der Waals surface area contributed by atoms with Crippen molar-refractivity contribution in [2.75, 3.05) is 19.6 Å². The highest BCUT2D eigenvalue weighted by molar-refractivity contribution is 5.88. The molecule has 0 aliphatic carbocycles. The van der Waals surface area contributed by atoms with Gasteiger partial charge in [0.15, 0.2) is 0 Å². The number of allylic oxidation sites excluding steroid dienone is 1. The second-order valence-electron chi connectivity index (χ2n) is 5.04. The number of nitrogens with zero attached hydrogens (tertiary/aromatic N) is 1. The minimum absolute atomic E-state index is 0.192. The van der Waals surface area contributed by atoms with E-state index in [0.29, 0.717) is 17.9 Å². The van der Waals surface area contributed by atoms with Crippen LogP contribution >= 0.6 is 0 Å². The van der Waals surface area contributed by atoms with Gasteiger partial charge < -0.3 is 10.2 Å². The van der Waals surface area contributed by atoms with E-state index in [4.69, 9.17) is 0 Å². The SMILES string of the molecule is CC(C)=CC(=O)N1CC2CNCC2C1C. The third-order valence-electron chi connectivity index (χ3n) is 3.63. The molecule has 3 heteroatoms. The van der Waals surface area contributed by atoms with Crippen molar-refractivity contribution in [2.45, 2.75) is 26.8 Å². The fourth-order valence-corrected chi connectivity index (χ4v) is 2.79. The van der Waals surface area contributed by atoms with Gasteiger partial charge in [0.2, 0.25) is 5.91 Å². The molecule has 1 N–H and O–H groups in total. The molecule has 84 valence electrons. The van der Waals surface area contributed by atoms with E-state index in [2.05, 4.69) is 12.2 Å². The van der Waals surface area contributed by atoms with Gasteiger partial charge in [-0.15, -0.1) is 0 Å². The number of carbonyl (C=O) groups is 1. The zero-order valence-electron chi connectivity index (χ0n) is 9.79. The summed E-state index contributed by atoms with van der Waals surface area (Å²) in [6.07, 6.45) is 1.75. The molecule has 3 nitrogen and oxygen atoms in total. The van der Waals surface area contributed by atoms with Crippen LogP contribution < -0.4 is 5.32 Å². The van der Waals surface area contributed by atoms with Gasteiger partial charge in [-0.1, -0.05) is 5.57 Å². The van der Waals surface area contributed by atoms with Crippen LogP contribution in [0, 0.1) is 11.8 Å². The van der Waals surface area contributed by atoms with Crippen molar-refractivity contribution in [2.24, 2.45) is 11.8 Å². The van der Waals surface area contributed by atoms with Gasteiger partial charge in [-0.3, -0.25) is 4.79 Å². The molecule has 2 heterocycles. The van der Waals surface area contributed by atoms with Gasteiger partial charge >= 0.3 is 0 Å². The van der Waals surface area contributed by atoms with Gasteiger partial charge in [0.1, 0.15) is 0 Å². The molecule has 0 aromatic heterocycles. The van der Waals surface area contributed by atoms with Crippen LogP contribution in [-0.2, 0) is 4.79 Å². The molecule has 0 radical (unpaired) electrons. The average molecular weight is 208 g/mol. The Kier molecular flexibility index (Phi) is 2.83. The van der Waals surface area contributed by atoms with Crippen molar-refractivity contribution >= 4 is 5.91 Å². The van der Waals surface area contributed by atoms with Gasteiger partial charge in [0, 0.05) is 31.8 Å². The molecule has 2 aliphatic heterocycles. The van der Waals surface area contributed by atoms with Gasteiger partial charge in [0.25, 0.3) is 0 Å². The minimum atomic E-state index is 0.192. The van der Waals surface area contributed by atoms with Gasteiger partial charge in [0.05, 0.1) is 0 Å². The molecule has 3 unspecified atom stereocenters. The molecule has 3 atom stereocenters. The van der Waals surface area contributed by atoms with E-state index in [-0.39, 0.29) is 5.91 Å². The molecular formula is C12H20N2O. The standard InChI is InChI=1S/C12H20N2O/c1-8(2)4-12(15)14-7-10-5-13-6-11(10)9(14)3/h4,9-11,13H,5-7H2,1-3H3. The first-order chi connectivity index (χ1) is 7.09. The maximum absolute atomic E-state index is 11.9. The zero-order chi connectivity index (χ0) is 11.0. The predicted molar refractivity (Wildman–Crippen MR) is 60.5 cm³/mol. The number of nitrogens with one attached hydrogen (secondary N) is 1. The summed E-state index contributed by atoms with van der Waals surface area (Å²) in [6.45, 7) is 9.20. The molecule has 0 saturated carbocycles. The second-order valence-corrected chi connectivity index (χ2v) is 5.04. The second kappa shape index (κ2) is 3.97. The van der Waals surface area contributed by atoms with Crippen LogP contribution in [0.25, 0.3) is 0 Å². The Hall–Kier alpha value is -0.830. The smallest absolute Gasteiger partial charge is 0.246 e. The molecule has 2 saturated heterocycles. The van der Waals surface area contributed by atoms with Crippen LogP contribution in [0.1, 0.15) is 20.8 Å². The van der Waals surface area contributed by atoms with Crippen LogP contribution in [0.2, 0.25) is 0 Å². The maximum atomic E-state index is 11.9. The summed E-state index contributed by atoms with van der Waals surface area (Å²) in [5, 5.41) is 3.40. The fraction of sp³-hybridized carbons (Fsp3) is 0.750. The Morgan fingerprint density at radius 3 is 2.73 bits per heavy atom. The van der Waals surface area contributed by atoms with Crippen molar-refractivity contribution < 1.29 is 4.79 Å². The molecule has 15 heavy (non-hydrogen) atoms. The number of fused-ring (bicyclic) bond motifs is 1. The lowest BCUT2D eigenvalue weighted by atomic mass is 9.95. The summed E-state index contributed by atoms with van der Waals surface area (Å²) in [6, 6.07) is 0.396. The van der Waals surface area contributed by atoms with E-state index >= 15 is 0 Å². The Labute approximate surface area is 91.5 Å². The van der Waals surface area contributed by atoms with Crippen LogP contribution in [0.5, 0.6) is 0 Å². The Bertz CT molecular complexity index is 294. The number of carbonyl (C=O) groups excluding carboxylic acids is 1. The molecule has 2 fully saturated rings. The third kappa shape index (κ3) is 1.93. The molecule has 0 bridgehead atoms. The van der Waals surface area contributed by atoms with E-state index in [1.165, 1.54) is 0 Å². The number of amides is 1. The number of hydrogen-bond acceptors (Lipinski definition) is 2. The van der Waals surface area contributed by atoms with Crippen molar-refractivity contribution in [1.29, 1.82) is 0 Å². The first-order valence-electron chi connectivity index (χ1n) is 5.76. The van der Waals surface area contributed by atoms with Crippen molar-refractivity contribution in [3.8, 4) is 0 Å². The Morgan fingerprint density at radius 1 is 1.40 bits per heavy atom. The first kappa shape index (κ1) is 10.7. The lowest BCUT2D eigenvalue weighted by Crippen LogP contribution is -2.37. The molecular weight excluding hydrogens is 188 g/mol. The van der Waals surface area contributed by atoms with Crippen LogP contribution in [0.3, 0.4) is 0 Å². The molecule has 1 amide bonds. The van der Waals surface area contributed by atoms with E-state index in [1.54, 1.807) is 6.08 Å². The monoisotopic (exact) mass is 208 g/mol. The van der Waals surface area contributed by atoms with Crippen molar-refractivity contribution in [3.05, 3.63) is 11.6 Å². The number of likely N-dealkylation sites (tertiary alicyclic amines) is 1. The quantitative estimate of drug-likeness (QED) is 0.652. The fourth-order valence-electron chi connectivity index (χ4n) is 2.79. The lowest BCUT2D eigenvalue weighted by Gasteiger charge is -2.23. The van der Waals surface area contributed by atoms with Gasteiger partial charge in [-0.2, -0.15) is 0 Å². The Balaban J connectivity index is 2.06. The van der Waals surface area contributed by atoms with Crippen molar-refractivity contribution in [3.63, 3.8) is 0 Å². The number of hydrogen-bond donors (Lipinski definition) is 1. The predicted octanol–water partition coefficient (Wildman–Crippen LogP) is 1.02. The highest BCUT2D eigenvalue weighted by Gasteiger charge is 2.43. The van der Waals surface area contributed by atoms with E-state index in [0.717, 1.165) is 25.2 Å². The summed E-state index contributed by atoms with van der Waals surface area (Å²) >= 11 is 0. The van der Waals surface area contributed by atoms with Gasteiger partial charge in [-0.25, -0.2) is 0 Å². The first-order valence-corrected chi connectivity index (χ1v) is 5.76. The average Bonchev–Trinajstić information content (AvgIpc) is 2.67. The summed E-state index contributed by atoms with van der Waals surface area (Å²) in [7, 11) is 0. The minimum Gasteiger partial charge on any atom is -0.336 e. The molecule has 0 spiro atoms. The molecule has 0 aromatic rings. The summed E-state index contributed by atoms with van der Waals surface area (Å²) in [5.41, 5.74) is 1.09. The molecule has 0 aromatic carbocycles. The van der Waals surface area contributed by atoms with E-state index < -0.39 is 0 Å². The Morgan fingerprint density at radius 2 is 2.13 bits per heavy atom.